The molecule has 1 heterocycles. The number of rotatable bonds is 3. The second-order valence-electron chi connectivity index (χ2n) is 8.14. The predicted octanol–water partition coefficient (Wildman–Crippen LogP) is 7.03. The lowest BCUT2D eigenvalue weighted by molar-refractivity contribution is -0.227. The summed E-state index contributed by atoms with van der Waals surface area (Å²) in [6.07, 6.45) is -5.21. The van der Waals surface area contributed by atoms with Gasteiger partial charge in [0.15, 0.2) is 11.2 Å². The number of carbonyl (C=O) groups excluding carboxylic acids is 1. The van der Waals surface area contributed by atoms with Gasteiger partial charge in [0.05, 0.1) is 12.6 Å². The first-order chi connectivity index (χ1) is 16.9. The van der Waals surface area contributed by atoms with Gasteiger partial charge in [0, 0.05) is 27.0 Å². The van der Waals surface area contributed by atoms with Crippen LogP contribution in [-0.2, 0) is 5.72 Å². The molecule has 0 radical (unpaired) electrons. The number of urea groups is 1. The first kappa shape index (κ1) is 25.3. The van der Waals surface area contributed by atoms with Gasteiger partial charge in [-0.05, 0) is 79.2 Å². The van der Waals surface area contributed by atoms with Crippen LogP contribution in [0.1, 0.15) is 18.1 Å². The fourth-order valence-electron chi connectivity index (χ4n) is 4.33. The molecule has 1 saturated heterocycles. The van der Waals surface area contributed by atoms with Crippen LogP contribution >= 0.6 is 23.2 Å². The van der Waals surface area contributed by atoms with Crippen molar-refractivity contribution in [1.29, 1.82) is 5.26 Å². The minimum absolute atomic E-state index is 0.0921. The summed E-state index contributed by atoms with van der Waals surface area (Å²) in [4.78, 5) is 18.1. The van der Waals surface area contributed by atoms with Gasteiger partial charge in [-0.3, -0.25) is 9.80 Å². The number of hydrogen-bond acceptors (Lipinski definition) is 3. The molecular weight excluding hydrogens is 516 g/mol. The van der Waals surface area contributed by atoms with Crippen molar-refractivity contribution in [3.63, 3.8) is 0 Å². The minimum atomic E-state index is -5.21. The van der Waals surface area contributed by atoms with Crippen molar-refractivity contribution in [2.75, 3.05) is 9.80 Å². The van der Waals surface area contributed by atoms with Crippen molar-refractivity contribution >= 4 is 46.3 Å². The Hall–Kier alpha value is -3.76. The van der Waals surface area contributed by atoms with Crippen molar-refractivity contribution in [3.05, 3.63) is 99.3 Å². The Kier molecular flexibility index (Phi) is 6.14. The fourth-order valence-corrected chi connectivity index (χ4v) is 4.58. The first-order valence-corrected chi connectivity index (χ1v) is 11.0. The van der Waals surface area contributed by atoms with Crippen molar-refractivity contribution in [2.24, 2.45) is 0 Å². The number of anilines is 2. The minimum Gasteiger partial charge on any atom is -0.364 e. The number of benzene rings is 3. The number of aliphatic hydroxyl groups is 1. The average molecular weight is 531 g/mol. The Balaban J connectivity index is 2.13. The second-order valence-corrected chi connectivity index (χ2v) is 9.01. The molecule has 1 fully saturated rings. The maximum Gasteiger partial charge on any atom is 0.416 e. The van der Waals surface area contributed by atoms with E-state index in [1.54, 1.807) is 6.07 Å². The molecule has 0 aliphatic carbocycles. The van der Waals surface area contributed by atoms with E-state index < -0.39 is 29.0 Å². The summed E-state index contributed by atoms with van der Waals surface area (Å²) in [5.41, 5.74) is -7.50. The lowest BCUT2D eigenvalue weighted by atomic mass is 9.80. The molecule has 11 heteroatoms. The van der Waals surface area contributed by atoms with Gasteiger partial charge >= 0.3 is 12.2 Å². The molecule has 1 aliphatic heterocycles. The molecule has 182 valence electrons. The zero-order chi connectivity index (χ0) is 26.5. The molecule has 0 spiro atoms. The predicted molar refractivity (Wildman–Crippen MR) is 129 cm³/mol. The molecule has 1 N–H and O–H groups in total. The SMILES string of the molecule is [C-]#[N+]c1cc(C#N)cc(C2(O)N(c3ccc(Cl)cc3)C(=O)N(c3ccc(Cl)cc3)[C@@]2(C)C(F)(F)F)c1. The highest BCUT2D eigenvalue weighted by molar-refractivity contribution is 6.31. The van der Waals surface area contributed by atoms with Crippen molar-refractivity contribution in [3.8, 4) is 6.07 Å². The maximum absolute atomic E-state index is 15.1. The first-order valence-electron chi connectivity index (χ1n) is 10.3. The number of alkyl halides is 3. The van der Waals surface area contributed by atoms with Crippen LogP contribution in [0.3, 0.4) is 0 Å². The molecule has 1 unspecified atom stereocenters. The normalized spacial score (nSPS) is 21.9. The summed E-state index contributed by atoms with van der Waals surface area (Å²) in [7, 11) is 0. The van der Waals surface area contributed by atoms with Crippen LogP contribution < -0.4 is 9.80 Å². The lowest BCUT2D eigenvalue weighted by Crippen LogP contribution is -2.66. The van der Waals surface area contributed by atoms with Crippen LogP contribution in [0, 0.1) is 17.9 Å². The Bertz CT molecular complexity index is 1400. The van der Waals surface area contributed by atoms with Crippen LogP contribution in [0.4, 0.5) is 35.0 Å². The van der Waals surface area contributed by atoms with Gasteiger partial charge in [-0.2, -0.15) is 18.4 Å². The smallest absolute Gasteiger partial charge is 0.364 e. The third-order valence-corrected chi connectivity index (χ3v) is 6.64. The lowest BCUT2D eigenvalue weighted by Gasteiger charge is -2.45. The Morgan fingerprint density at radius 2 is 1.47 bits per heavy atom. The molecule has 4 rings (SSSR count). The summed E-state index contributed by atoms with van der Waals surface area (Å²) in [5, 5.41) is 22.1. The van der Waals surface area contributed by atoms with E-state index in [4.69, 9.17) is 29.8 Å². The highest BCUT2D eigenvalue weighted by Gasteiger charge is 2.77. The zero-order valence-electron chi connectivity index (χ0n) is 18.4. The third-order valence-electron chi connectivity index (χ3n) is 6.13. The Labute approximate surface area is 214 Å². The second kappa shape index (κ2) is 8.72. The summed E-state index contributed by atoms with van der Waals surface area (Å²) < 4.78 is 45.2. The Morgan fingerprint density at radius 3 is 1.92 bits per heavy atom. The van der Waals surface area contributed by atoms with Crippen molar-refractivity contribution < 1.29 is 23.1 Å². The van der Waals surface area contributed by atoms with Crippen LogP contribution in [0.2, 0.25) is 10.0 Å². The van der Waals surface area contributed by atoms with E-state index in [1.165, 1.54) is 54.6 Å². The molecule has 3 aromatic carbocycles. The molecule has 6 nitrogen and oxygen atoms in total. The number of halogens is 5. The number of carbonyl (C=O) groups is 1. The van der Waals surface area contributed by atoms with Crippen molar-refractivity contribution in [1.82, 2.24) is 0 Å². The number of nitrogens with zero attached hydrogens (tertiary/aromatic N) is 4. The highest BCUT2D eigenvalue weighted by Crippen LogP contribution is 2.57. The summed E-state index contributed by atoms with van der Waals surface area (Å²) in [6.45, 7) is 8.02. The fraction of sp³-hybridized carbons (Fsp3) is 0.160. The molecule has 1 aliphatic rings. The number of hydrogen-bond donors (Lipinski definition) is 1. The average Bonchev–Trinajstić information content (AvgIpc) is 3.03. The number of nitriles is 1. The van der Waals surface area contributed by atoms with Gasteiger partial charge in [-0.1, -0.05) is 23.2 Å². The largest absolute Gasteiger partial charge is 0.416 e. The van der Waals surface area contributed by atoms with E-state index in [-0.39, 0.29) is 32.7 Å². The maximum atomic E-state index is 15.1. The topological polar surface area (TPSA) is 71.9 Å². The standard InChI is InChI=1S/C25H15Cl2F3N4O2/c1-23(25(28,29)30)24(36,16-11-15(14-31)12-19(13-16)32-2)34(21-9-5-18(27)6-10-21)22(35)33(23)20-7-3-17(26)4-8-20/h3-13,36H,1H3/t23-,24?/m1/s1. The van der Waals surface area contributed by atoms with Crippen LogP contribution in [-0.4, -0.2) is 22.9 Å². The molecule has 2 atom stereocenters. The molecule has 0 saturated carbocycles. The quantitative estimate of drug-likeness (QED) is 0.369. The molecule has 0 bridgehead atoms. The van der Waals surface area contributed by atoms with Gasteiger partial charge in [-0.15, -0.1) is 0 Å². The highest BCUT2D eigenvalue weighted by atomic mass is 35.5. The van der Waals surface area contributed by atoms with E-state index >= 15 is 13.2 Å². The van der Waals surface area contributed by atoms with Gasteiger partial charge in [-0.25, -0.2) is 9.64 Å². The molecule has 2 amide bonds. The van der Waals surface area contributed by atoms with E-state index in [9.17, 15) is 15.2 Å². The summed E-state index contributed by atoms with van der Waals surface area (Å²) in [6, 6.07) is 14.2. The van der Waals surface area contributed by atoms with Crippen molar-refractivity contribution in [2.45, 2.75) is 24.4 Å². The van der Waals surface area contributed by atoms with E-state index in [0.717, 1.165) is 12.1 Å². The monoisotopic (exact) mass is 530 g/mol. The third kappa shape index (κ3) is 3.64. The Morgan fingerprint density at radius 1 is 0.972 bits per heavy atom. The number of amides is 2. The molecule has 0 aromatic heterocycles. The summed E-state index contributed by atoms with van der Waals surface area (Å²) >= 11 is 11.9. The van der Waals surface area contributed by atoms with E-state index in [2.05, 4.69) is 4.85 Å². The molecule has 3 aromatic rings. The molecular formula is C25H15Cl2F3N4O2. The van der Waals surface area contributed by atoms with Gasteiger partial charge in [0.25, 0.3) is 0 Å². The van der Waals surface area contributed by atoms with Gasteiger partial charge in [0.2, 0.25) is 5.72 Å². The van der Waals surface area contributed by atoms with Gasteiger partial charge < -0.3 is 5.11 Å². The van der Waals surface area contributed by atoms with E-state index in [0.29, 0.717) is 16.7 Å². The van der Waals surface area contributed by atoms with Crippen LogP contribution in [0.5, 0.6) is 0 Å². The van der Waals surface area contributed by atoms with Crippen LogP contribution in [0.25, 0.3) is 4.85 Å². The van der Waals surface area contributed by atoms with E-state index in [1.807, 2.05) is 0 Å². The zero-order valence-corrected chi connectivity index (χ0v) is 19.9. The summed E-state index contributed by atoms with van der Waals surface area (Å²) in [5.74, 6) is 0. The molecule has 36 heavy (non-hydrogen) atoms. The van der Waals surface area contributed by atoms with Gasteiger partial charge in [0.1, 0.15) is 0 Å². The van der Waals surface area contributed by atoms with Crippen LogP contribution in [0.15, 0.2) is 66.7 Å².